The molecule has 23 heavy (non-hydrogen) atoms. The van der Waals surface area contributed by atoms with Gasteiger partial charge in [-0.05, 0) is 24.3 Å². The molecule has 5 nitrogen and oxygen atoms in total. The second-order valence-corrected chi connectivity index (χ2v) is 6.55. The monoisotopic (exact) mass is 361 g/mol. The molecule has 0 atom stereocenters. The van der Waals surface area contributed by atoms with E-state index in [0.717, 1.165) is 22.1 Å². The average molecular weight is 362 g/mol. The Kier molecular flexibility index (Phi) is 3.80. The van der Waals surface area contributed by atoms with Crippen molar-refractivity contribution >= 4 is 40.7 Å². The molecule has 0 amide bonds. The summed E-state index contributed by atoms with van der Waals surface area (Å²) in [5, 5.41) is 14.8. The second-order valence-electron chi connectivity index (χ2n) is 4.80. The molecule has 0 spiro atoms. The van der Waals surface area contributed by atoms with Gasteiger partial charge in [-0.3, -0.25) is 4.98 Å². The molecule has 0 aliphatic carbocycles. The lowest BCUT2D eigenvalue weighted by molar-refractivity contribution is 0.761. The Labute approximate surface area is 146 Å². The summed E-state index contributed by atoms with van der Waals surface area (Å²) < 4.78 is 1.72. The number of rotatable bonds is 2. The number of thioether (sulfide) groups is 1. The summed E-state index contributed by atoms with van der Waals surface area (Å²) in [6.45, 7) is 0. The number of halogens is 2. The van der Waals surface area contributed by atoms with Crippen LogP contribution in [0.25, 0.3) is 11.5 Å². The molecule has 8 heteroatoms. The molecule has 0 N–H and O–H groups in total. The Morgan fingerprint density at radius 2 is 1.96 bits per heavy atom. The highest BCUT2D eigenvalue weighted by Gasteiger charge is 2.21. The molecule has 0 fully saturated rings. The Balaban J connectivity index is 1.80. The summed E-state index contributed by atoms with van der Waals surface area (Å²) in [6.07, 6.45) is 1.72. The Bertz CT molecular complexity index is 907. The van der Waals surface area contributed by atoms with Crippen LogP contribution in [0.1, 0.15) is 5.56 Å². The van der Waals surface area contributed by atoms with Crippen molar-refractivity contribution in [1.82, 2.24) is 19.9 Å². The van der Waals surface area contributed by atoms with E-state index >= 15 is 0 Å². The van der Waals surface area contributed by atoms with E-state index in [-0.39, 0.29) is 0 Å². The van der Waals surface area contributed by atoms with E-state index in [4.69, 9.17) is 23.2 Å². The van der Waals surface area contributed by atoms with Crippen LogP contribution in [0.5, 0.6) is 0 Å². The van der Waals surface area contributed by atoms with Crippen LogP contribution in [0.4, 0.5) is 0 Å². The highest BCUT2D eigenvalue weighted by atomic mass is 35.5. The van der Waals surface area contributed by atoms with Crippen molar-refractivity contribution in [2.24, 2.45) is 5.10 Å². The van der Waals surface area contributed by atoms with Gasteiger partial charge in [0.15, 0.2) is 0 Å². The van der Waals surface area contributed by atoms with Crippen LogP contribution in [0, 0.1) is 0 Å². The molecule has 3 aromatic rings. The molecule has 0 unspecified atom stereocenters. The summed E-state index contributed by atoms with van der Waals surface area (Å²) in [4.78, 5) is 4.31. The van der Waals surface area contributed by atoms with Crippen LogP contribution in [-0.2, 0) is 0 Å². The highest BCUT2D eigenvalue weighted by Crippen LogP contribution is 2.29. The van der Waals surface area contributed by atoms with Gasteiger partial charge in [0, 0.05) is 17.5 Å². The van der Waals surface area contributed by atoms with Crippen molar-refractivity contribution < 1.29 is 0 Å². The average Bonchev–Trinajstić information content (AvgIpc) is 3.01. The minimum absolute atomic E-state index is 0.511. The number of fused-ring (bicyclic) bond motifs is 1. The van der Waals surface area contributed by atoms with Crippen molar-refractivity contribution in [1.29, 1.82) is 0 Å². The van der Waals surface area contributed by atoms with E-state index in [1.54, 1.807) is 28.7 Å². The first kappa shape index (κ1) is 14.7. The van der Waals surface area contributed by atoms with Gasteiger partial charge in [0.25, 0.3) is 0 Å². The first-order valence-corrected chi connectivity index (χ1v) is 8.49. The van der Waals surface area contributed by atoms with E-state index in [1.165, 1.54) is 0 Å². The van der Waals surface area contributed by atoms with Gasteiger partial charge in [0.05, 0.1) is 15.8 Å². The molecule has 3 heterocycles. The first-order chi connectivity index (χ1) is 11.2. The van der Waals surface area contributed by atoms with Crippen molar-refractivity contribution in [3.05, 3.63) is 58.2 Å². The van der Waals surface area contributed by atoms with E-state index < -0.39 is 0 Å². The lowest BCUT2D eigenvalue weighted by Crippen LogP contribution is -2.14. The van der Waals surface area contributed by atoms with Gasteiger partial charge in [0.2, 0.25) is 11.0 Å². The van der Waals surface area contributed by atoms with Gasteiger partial charge < -0.3 is 0 Å². The topological polar surface area (TPSA) is 56.0 Å². The summed E-state index contributed by atoms with van der Waals surface area (Å²) in [5.41, 5.74) is 2.54. The fraction of sp³-hybridized carbons (Fsp3) is 0.0667. The minimum atomic E-state index is 0.511. The second kappa shape index (κ2) is 5.96. The van der Waals surface area contributed by atoms with Crippen molar-refractivity contribution in [2.75, 3.05) is 5.75 Å². The quantitative estimate of drug-likeness (QED) is 0.691. The van der Waals surface area contributed by atoms with Gasteiger partial charge in [-0.1, -0.05) is 47.1 Å². The van der Waals surface area contributed by atoms with Gasteiger partial charge >= 0.3 is 0 Å². The summed E-state index contributed by atoms with van der Waals surface area (Å²) in [7, 11) is 0. The molecule has 1 aromatic carbocycles. The predicted octanol–water partition coefficient (Wildman–Crippen LogP) is 4.01. The van der Waals surface area contributed by atoms with Gasteiger partial charge in [0.1, 0.15) is 5.69 Å². The van der Waals surface area contributed by atoms with Gasteiger partial charge in [-0.25, -0.2) is 0 Å². The van der Waals surface area contributed by atoms with E-state index in [9.17, 15) is 0 Å². The smallest absolute Gasteiger partial charge is 0.212 e. The SMILES string of the molecule is Clc1ccc(C2=Nn3c(nnc3-c3ccccn3)SC2)cc1Cl. The maximum atomic E-state index is 6.10. The number of nitrogens with zero attached hydrogens (tertiary/aromatic N) is 5. The molecule has 114 valence electrons. The first-order valence-electron chi connectivity index (χ1n) is 6.75. The molecule has 1 aliphatic rings. The number of benzene rings is 1. The number of aromatic nitrogens is 4. The highest BCUT2D eigenvalue weighted by molar-refractivity contribution is 7.99. The molecule has 1 aliphatic heterocycles. The third-order valence-corrected chi connectivity index (χ3v) is 4.99. The Hall–Kier alpha value is -1.89. The molecule has 4 rings (SSSR count). The van der Waals surface area contributed by atoms with Crippen LogP contribution in [0.2, 0.25) is 10.0 Å². The lowest BCUT2D eigenvalue weighted by Gasteiger charge is -2.14. The van der Waals surface area contributed by atoms with Gasteiger partial charge in [-0.15, -0.1) is 10.2 Å². The standard InChI is InChI=1S/C15H9Cl2N5S/c16-10-5-4-9(7-11(10)17)13-8-23-15-20-19-14(22(15)21-13)12-3-1-2-6-18-12/h1-7H,8H2. The minimum Gasteiger partial charge on any atom is -0.253 e. The zero-order chi connectivity index (χ0) is 15.8. The van der Waals surface area contributed by atoms with Crippen LogP contribution >= 0.6 is 35.0 Å². The van der Waals surface area contributed by atoms with Crippen LogP contribution in [-0.4, -0.2) is 31.3 Å². The summed E-state index contributed by atoms with van der Waals surface area (Å²) in [5.74, 6) is 1.31. The third kappa shape index (κ3) is 2.73. The number of hydrogen-bond acceptors (Lipinski definition) is 5. The largest absolute Gasteiger partial charge is 0.253 e. The Morgan fingerprint density at radius 1 is 1.04 bits per heavy atom. The predicted molar refractivity (Wildman–Crippen MR) is 92.4 cm³/mol. The summed E-state index contributed by atoms with van der Waals surface area (Å²) >= 11 is 13.7. The molecule has 0 bridgehead atoms. The normalized spacial score (nSPS) is 13.6. The molecule has 0 saturated carbocycles. The third-order valence-electron chi connectivity index (χ3n) is 3.32. The number of pyridine rings is 1. The Morgan fingerprint density at radius 3 is 2.74 bits per heavy atom. The maximum absolute atomic E-state index is 6.10. The molecule has 0 radical (unpaired) electrons. The fourth-order valence-corrected chi connectivity index (χ4v) is 3.34. The van der Waals surface area contributed by atoms with E-state index in [2.05, 4.69) is 20.3 Å². The van der Waals surface area contributed by atoms with Crippen molar-refractivity contribution in [3.8, 4) is 11.5 Å². The van der Waals surface area contributed by atoms with E-state index in [1.807, 2.05) is 30.3 Å². The molecular weight excluding hydrogens is 353 g/mol. The van der Waals surface area contributed by atoms with Crippen LogP contribution in [0.15, 0.2) is 52.9 Å². The van der Waals surface area contributed by atoms with Crippen LogP contribution < -0.4 is 0 Å². The van der Waals surface area contributed by atoms with E-state index in [0.29, 0.717) is 21.6 Å². The molecular formula is C15H9Cl2N5S. The lowest BCUT2D eigenvalue weighted by atomic mass is 10.1. The van der Waals surface area contributed by atoms with Gasteiger partial charge in [-0.2, -0.15) is 9.78 Å². The number of hydrogen-bond donors (Lipinski definition) is 0. The summed E-state index contributed by atoms with van der Waals surface area (Å²) in [6, 6.07) is 11.1. The molecule has 2 aromatic heterocycles. The zero-order valence-electron chi connectivity index (χ0n) is 11.6. The molecule has 0 saturated heterocycles. The fourth-order valence-electron chi connectivity index (χ4n) is 2.20. The zero-order valence-corrected chi connectivity index (χ0v) is 14.0. The van der Waals surface area contributed by atoms with Crippen molar-refractivity contribution in [2.45, 2.75) is 5.16 Å². The van der Waals surface area contributed by atoms with Crippen molar-refractivity contribution in [3.63, 3.8) is 0 Å². The maximum Gasteiger partial charge on any atom is 0.212 e. The van der Waals surface area contributed by atoms with Crippen LogP contribution in [0.3, 0.4) is 0 Å².